The fourth-order valence-electron chi connectivity index (χ4n) is 2.95. The van der Waals surface area contributed by atoms with Gasteiger partial charge in [0.25, 0.3) is 0 Å². The second-order valence-corrected chi connectivity index (χ2v) is 8.96. The number of ether oxygens (including phenoxy) is 4. The molecule has 0 radical (unpaired) electrons. The molecule has 196 valence electrons. The molecule has 0 saturated heterocycles. The molecule has 0 fully saturated rings. The Balaban J connectivity index is 2.03. The first-order chi connectivity index (χ1) is 16.2. The van der Waals surface area contributed by atoms with Crippen molar-refractivity contribution in [1.29, 1.82) is 0 Å². The maximum atomic E-state index is 13.7. The minimum atomic E-state index is -4.92. The molecule has 0 spiro atoms. The van der Waals surface area contributed by atoms with Crippen LogP contribution in [-0.4, -0.2) is 51.0 Å². The number of benzene rings is 1. The van der Waals surface area contributed by atoms with Gasteiger partial charge in [0.1, 0.15) is 5.75 Å². The van der Waals surface area contributed by atoms with Crippen molar-refractivity contribution >= 4 is 29.8 Å². The molecule has 0 bridgehead atoms. The number of carbonyl (C=O) groups is 2. The van der Waals surface area contributed by atoms with Gasteiger partial charge in [0.15, 0.2) is 0 Å². The Labute approximate surface area is 205 Å². The van der Waals surface area contributed by atoms with Gasteiger partial charge in [-0.25, -0.2) is 9.59 Å². The lowest BCUT2D eigenvalue weighted by Gasteiger charge is -2.30. The number of rotatable bonds is 9. The standard InChI is InChI=1S/C22H27ClF3NO8/c1-12(35-27-30-5)6-7-31-20(29)33-11-32-19(28)14-8-13-9-16(23)15(21(2,3)4)10-17(13)34-18(14)22(24,25)26/h8-10,12,18,27H,6-7,11H2,1-5H3. The van der Waals surface area contributed by atoms with E-state index >= 15 is 0 Å². The van der Waals surface area contributed by atoms with E-state index in [4.69, 9.17) is 25.9 Å². The van der Waals surface area contributed by atoms with Gasteiger partial charge in [0.2, 0.25) is 12.9 Å². The molecule has 9 nitrogen and oxygen atoms in total. The van der Waals surface area contributed by atoms with Crippen molar-refractivity contribution in [2.24, 2.45) is 0 Å². The molecule has 0 saturated carbocycles. The Morgan fingerprint density at radius 2 is 1.86 bits per heavy atom. The van der Waals surface area contributed by atoms with E-state index in [0.29, 0.717) is 10.6 Å². The van der Waals surface area contributed by atoms with Crippen LogP contribution in [0.1, 0.15) is 45.2 Å². The van der Waals surface area contributed by atoms with Gasteiger partial charge in [-0.1, -0.05) is 38.0 Å². The zero-order valence-corrected chi connectivity index (χ0v) is 20.5. The fourth-order valence-corrected chi connectivity index (χ4v) is 3.41. The maximum absolute atomic E-state index is 13.7. The summed E-state index contributed by atoms with van der Waals surface area (Å²) in [5, 5.41) is 0.304. The second kappa shape index (κ2) is 11.9. The normalized spacial score (nSPS) is 16.5. The largest absolute Gasteiger partial charge is 0.511 e. The summed E-state index contributed by atoms with van der Waals surface area (Å²) in [5.74, 6) is -1.45. The third-order valence-corrected chi connectivity index (χ3v) is 5.04. The molecule has 2 unspecified atom stereocenters. The van der Waals surface area contributed by atoms with Gasteiger partial charge < -0.3 is 18.9 Å². The Hall–Kier alpha value is -2.54. The average Bonchev–Trinajstić information content (AvgIpc) is 2.74. The summed E-state index contributed by atoms with van der Waals surface area (Å²) in [5.41, 5.74) is 1.65. The van der Waals surface area contributed by atoms with Gasteiger partial charge in [-0.15, -0.1) is 0 Å². The predicted octanol–water partition coefficient (Wildman–Crippen LogP) is 4.86. The van der Waals surface area contributed by atoms with Gasteiger partial charge in [0.05, 0.1) is 25.4 Å². The number of hydrogen-bond donors (Lipinski definition) is 1. The molecule has 1 aromatic rings. The van der Waals surface area contributed by atoms with Crippen molar-refractivity contribution in [1.82, 2.24) is 5.64 Å². The van der Waals surface area contributed by atoms with Crippen LogP contribution in [0.25, 0.3) is 6.08 Å². The van der Waals surface area contributed by atoms with E-state index in [2.05, 4.69) is 20.0 Å². The first kappa shape index (κ1) is 28.7. The van der Waals surface area contributed by atoms with Crippen molar-refractivity contribution in [3.8, 4) is 5.75 Å². The molecule has 1 N–H and O–H groups in total. The fraction of sp³-hybridized carbons (Fsp3) is 0.545. The number of alkyl halides is 3. The second-order valence-electron chi connectivity index (χ2n) is 8.56. The van der Waals surface area contributed by atoms with Crippen LogP contribution in [0.2, 0.25) is 5.02 Å². The topological polar surface area (TPSA) is 102 Å². The summed E-state index contributed by atoms with van der Waals surface area (Å²) in [6.07, 6.45) is -7.77. The maximum Gasteiger partial charge on any atom is 0.511 e. The first-order valence-electron chi connectivity index (χ1n) is 10.4. The van der Waals surface area contributed by atoms with Crippen molar-refractivity contribution < 1.29 is 51.4 Å². The highest BCUT2D eigenvalue weighted by Gasteiger charge is 2.49. The van der Waals surface area contributed by atoms with E-state index in [1.165, 1.54) is 19.2 Å². The Bertz CT molecular complexity index is 946. The number of carbonyl (C=O) groups excluding carboxylic acids is 2. The Kier molecular flexibility index (Phi) is 9.78. The molecule has 1 aliphatic rings. The summed E-state index contributed by atoms with van der Waals surface area (Å²) in [6, 6.07) is 2.84. The summed E-state index contributed by atoms with van der Waals surface area (Å²) in [7, 11) is 1.35. The number of nitrogens with one attached hydrogen (secondary N) is 1. The molecule has 0 aliphatic carbocycles. The van der Waals surface area contributed by atoms with Crippen molar-refractivity contribution in [3.05, 3.63) is 33.9 Å². The van der Waals surface area contributed by atoms with Crippen LogP contribution in [0, 0.1) is 0 Å². The first-order valence-corrected chi connectivity index (χ1v) is 10.8. The van der Waals surface area contributed by atoms with Crippen LogP contribution in [0.5, 0.6) is 5.75 Å². The van der Waals surface area contributed by atoms with Crippen LogP contribution in [0.15, 0.2) is 17.7 Å². The van der Waals surface area contributed by atoms with Crippen molar-refractivity contribution in [3.63, 3.8) is 0 Å². The van der Waals surface area contributed by atoms with Crippen LogP contribution >= 0.6 is 11.6 Å². The number of hydrogen-bond acceptors (Lipinski definition) is 9. The lowest BCUT2D eigenvalue weighted by atomic mass is 9.85. The SMILES string of the molecule is CONOC(C)CCOC(=O)OCOC(=O)C1=Cc2cc(Cl)c(C(C)(C)C)cc2OC1C(F)(F)F. The van der Waals surface area contributed by atoms with E-state index in [9.17, 15) is 22.8 Å². The highest BCUT2D eigenvalue weighted by molar-refractivity contribution is 6.31. The molecule has 35 heavy (non-hydrogen) atoms. The molecule has 1 aromatic carbocycles. The number of halogens is 4. The average molecular weight is 526 g/mol. The monoisotopic (exact) mass is 525 g/mol. The van der Waals surface area contributed by atoms with E-state index in [0.717, 1.165) is 6.08 Å². The highest BCUT2D eigenvalue weighted by atomic mass is 35.5. The lowest BCUT2D eigenvalue weighted by Crippen LogP contribution is -2.41. The summed E-state index contributed by atoms with van der Waals surface area (Å²) in [4.78, 5) is 33.4. The third kappa shape index (κ3) is 8.27. The van der Waals surface area contributed by atoms with Crippen LogP contribution in [0.3, 0.4) is 0 Å². The lowest BCUT2D eigenvalue weighted by molar-refractivity contribution is -0.189. The quantitative estimate of drug-likeness (QED) is 0.275. The van der Waals surface area contributed by atoms with Crippen LogP contribution in [-0.2, 0) is 34.1 Å². The zero-order chi connectivity index (χ0) is 26.4. The third-order valence-electron chi connectivity index (χ3n) is 4.72. The Morgan fingerprint density at radius 1 is 1.17 bits per heavy atom. The van der Waals surface area contributed by atoms with E-state index in [1.807, 2.05) is 20.8 Å². The highest BCUT2D eigenvalue weighted by Crippen LogP contribution is 2.42. The molecule has 1 aliphatic heterocycles. The molecular weight excluding hydrogens is 499 g/mol. The molecule has 2 rings (SSSR count). The van der Waals surface area contributed by atoms with Gasteiger partial charge in [-0.3, -0.25) is 9.68 Å². The number of fused-ring (bicyclic) bond motifs is 1. The predicted molar refractivity (Wildman–Crippen MR) is 117 cm³/mol. The minimum Gasteiger partial charge on any atom is -0.475 e. The molecule has 0 amide bonds. The van der Waals surface area contributed by atoms with Gasteiger partial charge >= 0.3 is 18.3 Å². The molecular formula is C22H27ClF3NO8. The van der Waals surface area contributed by atoms with E-state index < -0.39 is 42.2 Å². The molecule has 1 heterocycles. The van der Waals surface area contributed by atoms with Gasteiger partial charge in [-0.05, 0) is 36.1 Å². The van der Waals surface area contributed by atoms with E-state index in [1.54, 1.807) is 6.92 Å². The van der Waals surface area contributed by atoms with Crippen LogP contribution in [0.4, 0.5) is 18.0 Å². The van der Waals surface area contributed by atoms with Gasteiger partial charge in [-0.2, -0.15) is 13.2 Å². The Morgan fingerprint density at radius 3 is 2.46 bits per heavy atom. The molecule has 0 aromatic heterocycles. The van der Waals surface area contributed by atoms with Crippen molar-refractivity contribution in [2.45, 2.75) is 57.9 Å². The molecule has 13 heteroatoms. The smallest absolute Gasteiger partial charge is 0.475 e. The molecule has 2 atom stereocenters. The minimum absolute atomic E-state index is 0.0723. The zero-order valence-electron chi connectivity index (χ0n) is 19.8. The van der Waals surface area contributed by atoms with Gasteiger partial charge in [0, 0.05) is 17.0 Å². The summed E-state index contributed by atoms with van der Waals surface area (Å²) >= 11 is 6.29. The summed E-state index contributed by atoms with van der Waals surface area (Å²) in [6.45, 7) is 6.16. The van der Waals surface area contributed by atoms with Crippen molar-refractivity contribution in [2.75, 3.05) is 20.5 Å². The van der Waals surface area contributed by atoms with Crippen LogP contribution < -0.4 is 10.4 Å². The summed E-state index contributed by atoms with van der Waals surface area (Å²) < 4.78 is 60.2. The van der Waals surface area contributed by atoms with E-state index in [-0.39, 0.29) is 30.4 Å². The number of esters is 1.